The van der Waals surface area contributed by atoms with Crippen molar-refractivity contribution in [1.29, 1.82) is 0 Å². The van der Waals surface area contributed by atoms with Gasteiger partial charge in [0.2, 0.25) is 0 Å². The highest BCUT2D eigenvalue weighted by Gasteiger charge is 2.26. The number of furan rings is 1. The molecule has 0 aromatic carbocycles. The molecular weight excluding hydrogens is 533 g/mol. The zero-order chi connectivity index (χ0) is 22.8. The van der Waals surface area contributed by atoms with E-state index < -0.39 is 0 Å². The third-order valence-electron chi connectivity index (χ3n) is 6.15. The number of ether oxygens (including phenoxy) is 2. The number of nitrogens with one attached hydrogen (secondary N) is 2. The molecule has 8 nitrogen and oxygen atoms in total. The van der Waals surface area contributed by atoms with Crippen molar-refractivity contribution in [3.8, 4) is 0 Å². The fraction of sp³-hybridized carbons (Fsp3) is 0.792. The largest absolute Gasteiger partial charge is 0.465 e. The molecule has 0 bridgehead atoms. The molecule has 2 saturated heterocycles. The number of guanidine groups is 1. The number of aliphatic imine (C=N–C) groups is 1. The molecule has 2 aliphatic heterocycles. The van der Waals surface area contributed by atoms with Crippen LogP contribution in [0.2, 0.25) is 0 Å². The standard InChI is InChI=1S/C24H43N5O3.HI/c1-5-25-24(26-17-21(16-19(2)3)28-8-12-30-13-9-28)27-18-22(23-7-6-20(4)32-23)29-10-14-31-15-11-29;/h6-7,19,21-22H,5,8-18H2,1-4H3,(H2,25,26,27);1H. The summed E-state index contributed by atoms with van der Waals surface area (Å²) in [6.45, 7) is 18.0. The van der Waals surface area contributed by atoms with E-state index >= 15 is 0 Å². The number of halogens is 1. The van der Waals surface area contributed by atoms with Crippen LogP contribution in [0.3, 0.4) is 0 Å². The van der Waals surface area contributed by atoms with Crippen LogP contribution in [-0.4, -0.2) is 94.0 Å². The molecular formula is C24H44IN5O3. The second kappa shape index (κ2) is 15.2. The van der Waals surface area contributed by atoms with Crippen LogP contribution in [0, 0.1) is 12.8 Å². The van der Waals surface area contributed by atoms with Gasteiger partial charge >= 0.3 is 0 Å². The Kier molecular flexibility index (Phi) is 13.0. The smallest absolute Gasteiger partial charge is 0.191 e. The topological polar surface area (TPSA) is 74.5 Å². The van der Waals surface area contributed by atoms with E-state index in [1.807, 2.05) is 13.0 Å². The van der Waals surface area contributed by atoms with Gasteiger partial charge in [0.25, 0.3) is 0 Å². The third-order valence-corrected chi connectivity index (χ3v) is 6.15. The first-order valence-electron chi connectivity index (χ1n) is 12.3. The van der Waals surface area contributed by atoms with E-state index in [2.05, 4.69) is 47.3 Å². The van der Waals surface area contributed by atoms with Crippen molar-refractivity contribution in [2.24, 2.45) is 10.9 Å². The van der Waals surface area contributed by atoms with Crippen molar-refractivity contribution in [3.63, 3.8) is 0 Å². The lowest BCUT2D eigenvalue weighted by Gasteiger charge is -2.35. The van der Waals surface area contributed by atoms with Crippen LogP contribution in [0.25, 0.3) is 0 Å². The molecule has 0 amide bonds. The van der Waals surface area contributed by atoms with Crippen molar-refractivity contribution in [2.45, 2.75) is 46.2 Å². The van der Waals surface area contributed by atoms with Crippen molar-refractivity contribution in [3.05, 3.63) is 23.7 Å². The zero-order valence-electron chi connectivity index (χ0n) is 20.8. The van der Waals surface area contributed by atoms with Crippen molar-refractivity contribution >= 4 is 29.9 Å². The molecule has 2 aliphatic rings. The quantitative estimate of drug-likeness (QED) is 0.252. The highest BCUT2D eigenvalue weighted by Crippen LogP contribution is 2.23. The van der Waals surface area contributed by atoms with Crippen molar-refractivity contribution < 1.29 is 13.9 Å². The fourth-order valence-electron chi connectivity index (χ4n) is 4.49. The fourth-order valence-corrected chi connectivity index (χ4v) is 4.49. The first-order chi connectivity index (χ1) is 15.6. The predicted octanol–water partition coefficient (Wildman–Crippen LogP) is 2.88. The molecule has 1 aromatic rings. The Balaban J connectivity index is 0.00000385. The molecule has 0 radical (unpaired) electrons. The van der Waals surface area contributed by atoms with Crippen LogP contribution in [0.1, 0.15) is 44.8 Å². The summed E-state index contributed by atoms with van der Waals surface area (Å²) in [5.41, 5.74) is 0. The van der Waals surface area contributed by atoms with Gasteiger partial charge in [-0.2, -0.15) is 0 Å². The summed E-state index contributed by atoms with van der Waals surface area (Å²) in [4.78, 5) is 9.97. The molecule has 33 heavy (non-hydrogen) atoms. The minimum Gasteiger partial charge on any atom is -0.465 e. The molecule has 9 heteroatoms. The van der Waals surface area contributed by atoms with Crippen LogP contribution < -0.4 is 10.6 Å². The minimum absolute atomic E-state index is 0. The average Bonchev–Trinajstić information content (AvgIpc) is 3.23. The molecule has 0 saturated carbocycles. The van der Waals surface area contributed by atoms with Crippen LogP contribution >= 0.6 is 24.0 Å². The summed E-state index contributed by atoms with van der Waals surface area (Å²) in [5, 5.41) is 7.02. The lowest BCUT2D eigenvalue weighted by Crippen LogP contribution is -2.48. The number of aryl methyl sites for hydroxylation is 1. The molecule has 190 valence electrons. The van der Waals surface area contributed by atoms with E-state index in [1.54, 1.807) is 0 Å². The van der Waals surface area contributed by atoms with Crippen LogP contribution in [0.15, 0.2) is 21.5 Å². The van der Waals surface area contributed by atoms with Crippen LogP contribution in [0.5, 0.6) is 0 Å². The SMILES string of the molecule is CCNC(=NCC(CC(C)C)N1CCOCC1)NCC(c1ccc(C)o1)N1CCOCC1.I. The molecule has 3 rings (SSSR count). The summed E-state index contributed by atoms with van der Waals surface area (Å²) >= 11 is 0. The van der Waals surface area contributed by atoms with Crippen LogP contribution in [-0.2, 0) is 9.47 Å². The number of morpholine rings is 2. The highest BCUT2D eigenvalue weighted by molar-refractivity contribution is 14.0. The first-order valence-corrected chi connectivity index (χ1v) is 12.3. The van der Waals surface area contributed by atoms with Gasteiger partial charge in [-0.25, -0.2) is 0 Å². The van der Waals surface area contributed by atoms with Gasteiger partial charge < -0.3 is 24.5 Å². The van der Waals surface area contributed by atoms with Gasteiger partial charge in [0, 0.05) is 45.3 Å². The molecule has 3 heterocycles. The molecule has 1 aromatic heterocycles. The average molecular weight is 578 g/mol. The van der Waals surface area contributed by atoms with Gasteiger partial charge in [0.05, 0.1) is 39.0 Å². The van der Waals surface area contributed by atoms with Gasteiger partial charge in [-0.1, -0.05) is 13.8 Å². The molecule has 2 unspecified atom stereocenters. The maximum absolute atomic E-state index is 6.01. The third kappa shape index (κ3) is 9.35. The van der Waals surface area contributed by atoms with Gasteiger partial charge in [-0.3, -0.25) is 14.8 Å². The van der Waals surface area contributed by atoms with E-state index in [-0.39, 0.29) is 30.0 Å². The number of nitrogens with zero attached hydrogens (tertiary/aromatic N) is 3. The highest BCUT2D eigenvalue weighted by atomic mass is 127. The summed E-state index contributed by atoms with van der Waals surface area (Å²) < 4.78 is 17.1. The van der Waals surface area contributed by atoms with Crippen molar-refractivity contribution in [2.75, 3.05) is 72.2 Å². The lowest BCUT2D eigenvalue weighted by molar-refractivity contribution is 0.0123. The Morgan fingerprint density at radius 2 is 1.64 bits per heavy atom. The lowest BCUT2D eigenvalue weighted by atomic mass is 10.0. The second-order valence-electron chi connectivity index (χ2n) is 9.14. The molecule has 2 atom stereocenters. The molecule has 0 aliphatic carbocycles. The zero-order valence-corrected chi connectivity index (χ0v) is 23.2. The van der Waals surface area contributed by atoms with E-state index in [4.69, 9.17) is 18.9 Å². The van der Waals surface area contributed by atoms with Crippen LogP contribution in [0.4, 0.5) is 0 Å². The Morgan fingerprint density at radius 1 is 1.00 bits per heavy atom. The van der Waals surface area contributed by atoms with Crippen molar-refractivity contribution in [1.82, 2.24) is 20.4 Å². The summed E-state index contributed by atoms with van der Waals surface area (Å²) in [6, 6.07) is 4.73. The monoisotopic (exact) mass is 577 g/mol. The minimum atomic E-state index is 0. The number of rotatable bonds is 10. The maximum atomic E-state index is 6.01. The summed E-state index contributed by atoms with van der Waals surface area (Å²) in [6.07, 6.45) is 1.14. The first kappa shape index (κ1) is 28.4. The normalized spacial score (nSPS) is 20.3. The number of hydrogen-bond acceptors (Lipinski definition) is 6. The summed E-state index contributed by atoms with van der Waals surface area (Å²) in [5.74, 6) is 3.46. The second-order valence-corrected chi connectivity index (χ2v) is 9.14. The molecule has 2 N–H and O–H groups in total. The maximum Gasteiger partial charge on any atom is 0.191 e. The van der Waals surface area contributed by atoms with Gasteiger partial charge in [0.15, 0.2) is 5.96 Å². The Morgan fingerprint density at radius 3 is 2.18 bits per heavy atom. The van der Waals surface area contributed by atoms with E-state index in [1.165, 1.54) is 0 Å². The van der Waals surface area contributed by atoms with E-state index in [0.717, 1.165) is 96.1 Å². The Hall–Kier alpha value is -0.880. The Labute approximate surface area is 216 Å². The molecule has 2 fully saturated rings. The molecule has 0 spiro atoms. The van der Waals surface area contributed by atoms with Gasteiger partial charge in [0.1, 0.15) is 11.5 Å². The van der Waals surface area contributed by atoms with E-state index in [9.17, 15) is 0 Å². The van der Waals surface area contributed by atoms with Gasteiger partial charge in [-0.15, -0.1) is 24.0 Å². The van der Waals surface area contributed by atoms with Gasteiger partial charge in [-0.05, 0) is 38.3 Å². The number of hydrogen-bond donors (Lipinski definition) is 2. The Bertz CT molecular complexity index is 687. The van der Waals surface area contributed by atoms with E-state index in [0.29, 0.717) is 12.0 Å². The predicted molar refractivity (Wildman–Crippen MR) is 144 cm³/mol. The summed E-state index contributed by atoms with van der Waals surface area (Å²) in [7, 11) is 0.